The fourth-order valence-corrected chi connectivity index (χ4v) is 9.62. The number of hydrogen-bond donors (Lipinski definition) is 0. The van der Waals surface area contributed by atoms with Gasteiger partial charge in [0, 0.05) is 60.2 Å². The van der Waals surface area contributed by atoms with Crippen LogP contribution in [0.4, 0.5) is 0 Å². The number of rotatable bonds is 5. The van der Waals surface area contributed by atoms with Gasteiger partial charge in [-0.1, -0.05) is 133 Å². The summed E-state index contributed by atoms with van der Waals surface area (Å²) in [5, 5.41) is 8.07. The number of aromatic nitrogens is 4. The van der Waals surface area contributed by atoms with E-state index in [0.29, 0.717) is 5.82 Å². The van der Waals surface area contributed by atoms with E-state index in [4.69, 9.17) is 14.4 Å². The predicted octanol–water partition coefficient (Wildman–Crippen LogP) is 14.7. The van der Waals surface area contributed by atoms with Gasteiger partial charge in [-0.05, 0) is 83.9 Å². The topological polar surface area (TPSA) is 48.8 Å². The summed E-state index contributed by atoms with van der Waals surface area (Å²) in [6.07, 6.45) is 0. The van der Waals surface area contributed by atoms with Crippen molar-refractivity contribution >= 4 is 76.5 Å². The van der Waals surface area contributed by atoms with Crippen LogP contribution in [0.1, 0.15) is 0 Å². The molecule has 5 heteroatoms. The summed E-state index contributed by atoms with van der Waals surface area (Å²) >= 11 is 0. The predicted molar refractivity (Wildman–Crippen MR) is 252 cm³/mol. The highest BCUT2D eigenvalue weighted by atomic mass is 16.3. The molecule has 13 rings (SSSR count). The Hall–Kier alpha value is -8.28. The van der Waals surface area contributed by atoms with Crippen molar-refractivity contribution in [3.8, 4) is 45.1 Å². The summed E-state index contributed by atoms with van der Waals surface area (Å²) in [4.78, 5) is 10.2. The van der Waals surface area contributed by atoms with Crippen molar-refractivity contribution in [2.75, 3.05) is 0 Å². The van der Waals surface area contributed by atoms with Gasteiger partial charge >= 0.3 is 0 Å². The Morgan fingerprint density at radius 3 is 1.70 bits per heavy atom. The van der Waals surface area contributed by atoms with E-state index >= 15 is 0 Å². The first kappa shape index (κ1) is 33.7. The average Bonchev–Trinajstić information content (AvgIpc) is 3.99. The van der Waals surface area contributed by atoms with Crippen LogP contribution in [0.25, 0.3) is 122 Å². The molecule has 0 saturated carbocycles. The molecule has 13 aromatic rings. The number of hydrogen-bond acceptors (Lipinski definition) is 3. The van der Waals surface area contributed by atoms with Crippen molar-refractivity contribution in [1.29, 1.82) is 0 Å². The highest BCUT2D eigenvalue weighted by Crippen LogP contribution is 2.46. The molecule has 0 saturated heterocycles. The molecule has 0 fully saturated rings. The number of benzene rings is 9. The molecule has 61 heavy (non-hydrogen) atoms. The maximum absolute atomic E-state index is 6.48. The summed E-state index contributed by atoms with van der Waals surface area (Å²) in [7, 11) is 0. The molecule has 0 atom stereocenters. The fourth-order valence-electron chi connectivity index (χ4n) is 9.62. The van der Waals surface area contributed by atoms with Gasteiger partial charge in [-0.25, -0.2) is 9.97 Å². The molecule has 0 spiro atoms. The van der Waals surface area contributed by atoms with Gasteiger partial charge in [0.25, 0.3) is 0 Å². The van der Waals surface area contributed by atoms with Crippen molar-refractivity contribution in [3.63, 3.8) is 0 Å². The third kappa shape index (κ3) is 5.08. The Morgan fingerprint density at radius 2 is 0.918 bits per heavy atom. The summed E-state index contributed by atoms with van der Waals surface area (Å²) in [5.41, 5.74) is 14.8. The maximum Gasteiger partial charge on any atom is 0.160 e. The molecule has 0 aliphatic rings. The lowest BCUT2D eigenvalue weighted by Gasteiger charge is -2.12. The van der Waals surface area contributed by atoms with E-state index in [-0.39, 0.29) is 0 Å². The highest BCUT2D eigenvalue weighted by Gasteiger charge is 2.24. The van der Waals surface area contributed by atoms with Crippen LogP contribution >= 0.6 is 0 Å². The van der Waals surface area contributed by atoms with E-state index in [0.717, 1.165) is 77.6 Å². The molecule has 5 nitrogen and oxygen atoms in total. The van der Waals surface area contributed by atoms with Crippen molar-refractivity contribution in [3.05, 3.63) is 206 Å². The molecular formula is C56H34N4O. The first-order valence-corrected chi connectivity index (χ1v) is 20.7. The lowest BCUT2D eigenvalue weighted by Crippen LogP contribution is -1.97. The molecule has 0 aliphatic carbocycles. The van der Waals surface area contributed by atoms with Crippen LogP contribution in [-0.2, 0) is 0 Å². The average molecular weight is 779 g/mol. The van der Waals surface area contributed by atoms with Crippen LogP contribution in [0.15, 0.2) is 211 Å². The fraction of sp³-hybridized carbons (Fsp3) is 0. The van der Waals surface area contributed by atoms with Gasteiger partial charge in [0.1, 0.15) is 11.2 Å². The van der Waals surface area contributed by atoms with Gasteiger partial charge in [-0.15, -0.1) is 0 Å². The van der Waals surface area contributed by atoms with Gasteiger partial charge < -0.3 is 13.6 Å². The number of furan rings is 1. The van der Waals surface area contributed by atoms with Crippen LogP contribution in [0.5, 0.6) is 0 Å². The lowest BCUT2D eigenvalue weighted by molar-refractivity contribution is 0.669. The van der Waals surface area contributed by atoms with Gasteiger partial charge in [0.15, 0.2) is 5.82 Å². The SMILES string of the molecule is c1ccc(-c2ccc(-n3c4ccc5oc6ccccc6c5c4c4ccc5c(c6ccccc6n5-c5ccc(-c6nc(-c7ccccc7)c7ccccc7n6)cc5)c43)cc2)cc1. The molecule has 0 aliphatic heterocycles. The third-order valence-corrected chi connectivity index (χ3v) is 12.3. The largest absolute Gasteiger partial charge is 0.456 e. The zero-order valence-corrected chi connectivity index (χ0v) is 32.8. The van der Waals surface area contributed by atoms with Gasteiger partial charge in [-0.3, -0.25) is 0 Å². The molecule has 0 radical (unpaired) electrons. The molecule has 0 unspecified atom stereocenters. The second-order valence-electron chi connectivity index (χ2n) is 15.7. The van der Waals surface area contributed by atoms with Crippen molar-refractivity contribution in [1.82, 2.24) is 19.1 Å². The maximum atomic E-state index is 6.48. The highest BCUT2D eigenvalue weighted by molar-refractivity contribution is 6.33. The van der Waals surface area contributed by atoms with E-state index in [9.17, 15) is 0 Å². The van der Waals surface area contributed by atoms with E-state index in [2.05, 4.69) is 191 Å². The summed E-state index contributed by atoms with van der Waals surface area (Å²) < 4.78 is 11.3. The van der Waals surface area contributed by atoms with Gasteiger partial charge in [-0.2, -0.15) is 0 Å². The van der Waals surface area contributed by atoms with Crippen molar-refractivity contribution < 1.29 is 4.42 Å². The van der Waals surface area contributed by atoms with Crippen LogP contribution in [-0.4, -0.2) is 19.1 Å². The number of fused-ring (bicyclic) bond motifs is 12. The molecule has 4 heterocycles. The van der Waals surface area contributed by atoms with E-state index in [1.165, 1.54) is 38.2 Å². The minimum atomic E-state index is 0.703. The summed E-state index contributed by atoms with van der Waals surface area (Å²) in [6, 6.07) is 73.0. The molecule has 0 N–H and O–H groups in total. The minimum Gasteiger partial charge on any atom is -0.456 e. The molecule has 0 amide bonds. The van der Waals surface area contributed by atoms with Crippen LogP contribution in [0.3, 0.4) is 0 Å². The van der Waals surface area contributed by atoms with Gasteiger partial charge in [0.2, 0.25) is 0 Å². The molecule has 9 aromatic carbocycles. The minimum absolute atomic E-state index is 0.703. The summed E-state index contributed by atoms with van der Waals surface area (Å²) in [5.74, 6) is 0.703. The normalized spacial score (nSPS) is 11.9. The first-order chi connectivity index (χ1) is 30.3. The Bertz CT molecular complexity index is 3840. The number of para-hydroxylation sites is 3. The monoisotopic (exact) mass is 778 g/mol. The molecule has 284 valence electrons. The Morgan fingerprint density at radius 1 is 0.328 bits per heavy atom. The Labute approximate surface area is 350 Å². The van der Waals surface area contributed by atoms with Gasteiger partial charge in [0.05, 0.1) is 33.3 Å². The second kappa shape index (κ2) is 13.1. The lowest BCUT2D eigenvalue weighted by atomic mass is 10.0. The van der Waals surface area contributed by atoms with Crippen molar-refractivity contribution in [2.45, 2.75) is 0 Å². The van der Waals surface area contributed by atoms with Crippen molar-refractivity contribution in [2.24, 2.45) is 0 Å². The molecular weight excluding hydrogens is 745 g/mol. The smallest absolute Gasteiger partial charge is 0.160 e. The zero-order valence-electron chi connectivity index (χ0n) is 32.8. The second-order valence-corrected chi connectivity index (χ2v) is 15.7. The zero-order chi connectivity index (χ0) is 40.0. The van der Waals surface area contributed by atoms with Crippen LogP contribution in [0, 0.1) is 0 Å². The van der Waals surface area contributed by atoms with Crippen LogP contribution in [0.2, 0.25) is 0 Å². The quantitative estimate of drug-likeness (QED) is 0.175. The van der Waals surface area contributed by atoms with E-state index in [1.54, 1.807) is 0 Å². The first-order valence-electron chi connectivity index (χ1n) is 20.7. The van der Waals surface area contributed by atoms with E-state index < -0.39 is 0 Å². The Kier molecular flexibility index (Phi) is 7.24. The Balaban J connectivity index is 1.05. The summed E-state index contributed by atoms with van der Waals surface area (Å²) in [6.45, 7) is 0. The molecule has 4 aromatic heterocycles. The standard InChI is InChI=1S/C56H34N4O/c1-3-13-35(14-4-1)36-23-27-40(28-24-36)60-47-33-34-50-53(43-19-9-12-22-49(43)61-50)51(47)44-31-32-48-52(55(44)60)42-18-8-11-21-46(42)59(48)39-29-25-38(26-30-39)56-57-45-20-10-7-17-41(45)54(58-56)37-15-5-2-6-16-37/h1-34H. The third-order valence-electron chi connectivity index (χ3n) is 12.3. The van der Waals surface area contributed by atoms with Crippen LogP contribution < -0.4 is 0 Å². The number of nitrogens with zero attached hydrogens (tertiary/aromatic N) is 4. The van der Waals surface area contributed by atoms with E-state index in [1.807, 2.05) is 24.3 Å². The molecule has 0 bridgehead atoms.